The van der Waals surface area contributed by atoms with Crippen molar-refractivity contribution in [3.63, 3.8) is 0 Å². The summed E-state index contributed by atoms with van der Waals surface area (Å²) in [6, 6.07) is 21.4. The van der Waals surface area contributed by atoms with Gasteiger partial charge in [0.25, 0.3) is 0 Å². The Kier molecular flexibility index (Phi) is 10.9. The minimum Gasteiger partial charge on any atom is -0.414 e. The topological polar surface area (TPSA) is 18.5 Å². The average molecular weight is 366 g/mol. The molecule has 0 saturated heterocycles. The van der Waals surface area contributed by atoms with E-state index in [2.05, 4.69) is 74.5 Å². The molecule has 0 saturated carbocycles. The molecule has 0 aliphatic carbocycles. The molecule has 0 N–H and O–H groups in total. The first-order valence-corrected chi connectivity index (χ1v) is 10.5. The lowest BCUT2D eigenvalue weighted by molar-refractivity contribution is 0.161. The minimum absolute atomic E-state index is 0.420. The van der Waals surface area contributed by atoms with Gasteiger partial charge in [-0.1, -0.05) is 87.4 Å². The Balaban J connectivity index is 1.56. The lowest BCUT2D eigenvalue weighted by Gasteiger charge is -2.17. The SMILES string of the molecule is CCC(CCc1ccccc1)COBOCC(CC)CCc1ccccc1. The lowest BCUT2D eigenvalue weighted by Crippen LogP contribution is -2.17. The summed E-state index contributed by atoms with van der Waals surface area (Å²) in [5, 5.41) is 0. The van der Waals surface area contributed by atoms with E-state index in [-0.39, 0.29) is 0 Å². The van der Waals surface area contributed by atoms with Crippen molar-refractivity contribution < 1.29 is 9.31 Å². The zero-order valence-electron chi connectivity index (χ0n) is 17.1. The molecule has 2 unspecified atom stereocenters. The number of hydrogen-bond donors (Lipinski definition) is 0. The van der Waals surface area contributed by atoms with E-state index < -0.39 is 0 Å². The molecule has 2 rings (SSSR count). The van der Waals surface area contributed by atoms with Crippen LogP contribution in [0.15, 0.2) is 60.7 Å². The fourth-order valence-electron chi connectivity index (χ4n) is 3.33. The second-order valence-corrected chi connectivity index (χ2v) is 7.46. The average Bonchev–Trinajstić information content (AvgIpc) is 2.73. The zero-order valence-corrected chi connectivity index (χ0v) is 17.1. The highest BCUT2D eigenvalue weighted by molar-refractivity contribution is 6.17. The van der Waals surface area contributed by atoms with Crippen LogP contribution in [-0.2, 0) is 22.2 Å². The first kappa shape index (κ1) is 21.7. The highest BCUT2D eigenvalue weighted by Crippen LogP contribution is 2.15. The molecule has 2 aromatic rings. The number of aryl methyl sites for hydroxylation is 2. The van der Waals surface area contributed by atoms with Crippen LogP contribution in [0.3, 0.4) is 0 Å². The second kappa shape index (κ2) is 13.6. The Morgan fingerprint density at radius 1 is 0.667 bits per heavy atom. The molecule has 0 fully saturated rings. The summed E-state index contributed by atoms with van der Waals surface area (Å²) in [5.74, 6) is 1.21. The molecule has 27 heavy (non-hydrogen) atoms. The van der Waals surface area contributed by atoms with Crippen molar-refractivity contribution in [1.82, 2.24) is 0 Å². The molecule has 2 aromatic carbocycles. The summed E-state index contributed by atoms with van der Waals surface area (Å²) >= 11 is 0. The molecule has 0 aliphatic rings. The molecule has 2 atom stereocenters. The van der Waals surface area contributed by atoms with Gasteiger partial charge in [-0.15, -0.1) is 0 Å². The number of hydrogen-bond acceptors (Lipinski definition) is 2. The predicted octanol–water partition coefficient (Wildman–Crippen LogP) is 5.60. The van der Waals surface area contributed by atoms with Crippen LogP contribution in [0.2, 0.25) is 0 Å². The third-order valence-corrected chi connectivity index (χ3v) is 5.40. The van der Waals surface area contributed by atoms with Gasteiger partial charge >= 0.3 is 7.69 Å². The van der Waals surface area contributed by atoms with E-state index in [4.69, 9.17) is 9.31 Å². The fraction of sp³-hybridized carbons (Fsp3) is 0.500. The van der Waals surface area contributed by atoms with E-state index in [1.165, 1.54) is 24.0 Å². The lowest BCUT2D eigenvalue weighted by atomic mass is 9.97. The molecule has 0 spiro atoms. The standard InChI is InChI=1S/C24H35BO2/c1-3-21(15-17-23-11-7-5-8-12-23)19-26-25-27-20-22(4-2)16-18-24-13-9-6-10-14-24/h5-14,21-22,25H,3-4,15-20H2,1-2H3. The van der Waals surface area contributed by atoms with Crippen molar-refractivity contribution in [3.05, 3.63) is 71.8 Å². The van der Waals surface area contributed by atoms with Gasteiger partial charge in [0.15, 0.2) is 0 Å². The monoisotopic (exact) mass is 366 g/mol. The molecule has 0 aromatic heterocycles. The maximum absolute atomic E-state index is 5.81. The maximum Gasteiger partial charge on any atom is 0.438 e. The molecular weight excluding hydrogens is 331 g/mol. The first-order chi connectivity index (χ1) is 13.3. The zero-order chi connectivity index (χ0) is 19.2. The van der Waals surface area contributed by atoms with E-state index >= 15 is 0 Å². The van der Waals surface area contributed by atoms with Crippen molar-refractivity contribution in [2.45, 2.75) is 52.4 Å². The molecule has 0 radical (unpaired) electrons. The molecule has 0 amide bonds. The molecule has 2 nitrogen and oxygen atoms in total. The Morgan fingerprint density at radius 2 is 1.07 bits per heavy atom. The molecule has 3 heteroatoms. The summed E-state index contributed by atoms with van der Waals surface area (Å²) in [6.07, 6.45) is 6.91. The number of benzene rings is 2. The Labute approximate surface area is 166 Å². The van der Waals surface area contributed by atoms with E-state index in [9.17, 15) is 0 Å². The molecule has 0 aliphatic heterocycles. The van der Waals surface area contributed by atoms with Gasteiger partial charge in [0.05, 0.1) is 0 Å². The minimum atomic E-state index is 0.420. The smallest absolute Gasteiger partial charge is 0.414 e. The predicted molar refractivity (Wildman–Crippen MR) is 116 cm³/mol. The normalized spacial score (nSPS) is 13.3. The van der Waals surface area contributed by atoms with Crippen molar-refractivity contribution >= 4 is 7.69 Å². The maximum atomic E-state index is 5.81. The quantitative estimate of drug-likeness (QED) is 0.320. The van der Waals surface area contributed by atoms with Gasteiger partial charge in [0.2, 0.25) is 0 Å². The van der Waals surface area contributed by atoms with Gasteiger partial charge in [0.1, 0.15) is 0 Å². The van der Waals surface area contributed by atoms with Gasteiger partial charge in [-0.2, -0.15) is 0 Å². The molecule has 0 bridgehead atoms. The number of rotatable bonds is 14. The van der Waals surface area contributed by atoms with Gasteiger partial charge in [0, 0.05) is 13.2 Å². The second-order valence-electron chi connectivity index (χ2n) is 7.46. The highest BCUT2D eigenvalue weighted by Gasteiger charge is 2.10. The molecular formula is C24H35BO2. The highest BCUT2D eigenvalue weighted by atomic mass is 16.6. The van der Waals surface area contributed by atoms with Crippen LogP contribution in [-0.4, -0.2) is 20.9 Å². The van der Waals surface area contributed by atoms with E-state index in [1.54, 1.807) is 0 Å². The van der Waals surface area contributed by atoms with Crippen molar-refractivity contribution in [1.29, 1.82) is 0 Å². The van der Waals surface area contributed by atoms with Crippen molar-refractivity contribution in [2.75, 3.05) is 13.2 Å². The van der Waals surface area contributed by atoms with E-state index in [0.717, 1.165) is 38.9 Å². The third-order valence-electron chi connectivity index (χ3n) is 5.40. The van der Waals surface area contributed by atoms with Crippen molar-refractivity contribution in [3.8, 4) is 0 Å². The van der Waals surface area contributed by atoms with Gasteiger partial charge in [-0.05, 0) is 48.6 Å². The van der Waals surface area contributed by atoms with E-state index in [1.807, 2.05) is 0 Å². The van der Waals surface area contributed by atoms with Crippen LogP contribution in [0.5, 0.6) is 0 Å². The summed E-state index contributed by atoms with van der Waals surface area (Å²) in [4.78, 5) is 0. The summed E-state index contributed by atoms with van der Waals surface area (Å²) in [5.41, 5.74) is 2.83. The summed E-state index contributed by atoms with van der Waals surface area (Å²) in [7, 11) is 0.420. The van der Waals surface area contributed by atoms with Crippen LogP contribution in [0.4, 0.5) is 0 Å². The van der Waals surface area contributed by atoms with Crippen LogP contribution < -0.4 is 0 Å². The van der Waals surface area contributed by atoms with Gasteiger partial charge in [-0.25, -0.2) is 0 Å². The summed E-state index contributed by atoms with van der Waals surface area (Å²) in [6.45, 7) is 6.08. The fourth-order valence-corrected chi connectivity index (χ4v) is 3.33. The third kappa shape index (κ3) is 9.26. The Morgan fingerprint density at radius 3 is 1.44 bits per heavy atom. The van der Waals surface area contributed by atoms with Crippen LogP contribution in [0, 0.1) is 11.8 Å². The van der Waals surface area contributed by atoms with Crippen molar-refractivity contribution in [2.24, 2.45) is 11.8 Å². The first-order valence-electron chi connectivity index (χ1n) is 10.5. The van der Waals surface area contributed by atoms with Gasteiger partial charge < -0.3 is 9.31 Å². The summed E-state index contributed by atoms with van der Waals surface area (Å²) < 4.78 is 11.6. The van der Waals surface area contributed by atoms with Crippen LogP contribution in [0.25, 0.3) is 0 Å². The van der Waals surface area contributed by atoms with Crippen LogP contribution in [0.1, 0.15) is 50.7 Å². The Hall–Kier alpha value is -1.58. The largest absolute Gasteiger partial charge is 0.438 e. The van der Waals surface area contributed by atoms with Crippen LogP contribution >= 0.6 is 0 Å². The molecule has 146 valence electrons. The van der Waals surface area contributed by atoms with E-state index in [0.29, 0.717) is 19.5 Å². The van der Waals surface area contributed by atoms with Gasteiger partial charge in [-0.3, -0.25) is 0 Å². The molecule has 0 heterocycles. The Bertz CT molecular complexity index is 534.